The van der Waals surface area contributed by atoms with Crippen LogP contribution in [-0.2, 0) is 25.9 Å². The van der Waals surface area contributed by atoms with Gasteiger partial charge in [0, 0.05) is 49.1 Å². The summed E-state index contributed by atoms with van der Waals surface area (Å²) in [4.78, 5) is 2.42. The summed E-state index contributed by atoms with van der Waals surface area (Å²) in [6.45, 7) is 7.38. The highest BCUT2D eigenvalue weighted by Crippen LogP contribution is 2.31. The van der Waals surface area contributed by atoms with Crippen LogP contribution in [0.3, 0.4) is 0 Å². The molecule has 0 radical (unpaired) electrons. The van der Waals surface area contributed by atoms with Crippen molar-refractivity contribution < 1.29 is 4.42 Å². The van der Waals surface area contributed by atoms with Crippen molar-refractivity contribution >= 4 is 10.9 Å². The van der Waals surface area contributed by atoms with Crippen LogP contribution in [0, 0.1) is 13.8 Å². The molecule has 3 heteroatoms. The lowest BCUT2D eigenvalue weighted by Gasteiger charge is -2.24. The first kappa shape index (κ1) is 14.6. The number of aromatic nitrogens is 1. The number of hydrogen-bond acceptors (Lipinski definition) is 2. The molecule has 120 valence electrons. The fraction of sp³-hybridized carbons (Fsp3) is 0.400. The van der Waals surface area contributed by atoms with Crippen LogP contribution in [-0.4, -0.2) is 23.1 Å². The third kappa shape index (κ3) is 2.59. The number of aryl methyl sites for hydroxylation is 4. The molecule has 0 bridgehead atoms. The number of nitrogens with zero attached hydrogens (tertiary/aromatic N) is 2. The Morgan fingerprint density at radius 2 is 2.00 bits per heavy atom. The van der Waals surface area contributed by atoms with Gasteiger partial charge in [-0.25, -0.2) is 0 Å². The maximum atomic E-state index is 5.75. The van der Waals surface area contributed by atoms with Crippen molar-refractivity contribution in [3.63, 3.8) is 0 Å². The molecule has 4 rings (SSSR count). The van der Waals surface area contributed by atoms with Gasteiger partial charge in [0.15, 0.2) is 0 Å². The third-order valence-electron chi connectivity index (χ3n) is 4.98. The highest BCUT2D eigenvalue weighted by molar-refractivity contribution is 5.86. The highest BCUT2D eigenvalue weighted by Gasteiger charge is 2.22. The first-order valence-corrected chi connectivity index (χ1v) is 8.46. The smallest absolute Gasteiger partial charge is 0.105 e. The zero-order valence-corrected chi connectivity index (χ0v) is 14.2. The van der Waals surface area contributed by atoms with Crippen LogP contribution < -0.4 is 0 Å². The van der Waals surface area contributed by atoms with Gasteiger partial charge < -0.3 is 13.9 Å². The maximum Gasteiger partial charge on any atom is 0.105 e. The molecule has 1 aliphatic rings. The van der Waals surface area contributed by atoms with E-state index in [9.17, 15) is 0 Å². The fourth-order valence-corrected chi connectivity index (χ4v) is 3.80. The van der Waals surface area contributed by atoms with E-state index in [1.807, 2.05) is 6.92 Å². The molecule has 0 atom stereocenters. The summed E-state index contributed by atoms with van der Waals surface area (Å²) in [6.07, 6.45) is 2.09. The summed E-state index contributed by atoms with van der Waals surface area (Å²) in [5.74, 6) is 2.08. The summed E-state index contributed by atoms with van der Waals surface area (Å²) in [5.41, 5.74) is 5.76. The Labute approximate surface area is 137 Å². The molecule has 0 spiro atoms. The van der Waals surface area contributed by atoms with E-state index < -0.39 is 0 Å². The zero-order chi connectivity index (χ0) is 16.0. The third-order valence-corrected chi connectivity index (χ3v) is 4.98. The molecule has 3 nitrogen and oxygen atoms in total. The SMILES string of the molecule is Cc1ccc2c(c1)c1c(n2CCc2ccc(C)o2)CCN(C)C1. The van der Waals surface area contributed by atoms with E-state index >= 15 is 0 Å². The van der Waals surface area contributed by atoms with Crippen molar-refractivity contribution in [3.05, 3.63) is 58.7 Å². The molecule has 3 aromatic rings. The Kier molecular flexibility index (Phi) is 3.53. The lowest BCUT2D eigenvalue weighted by atomic mass is 10.0. The number of hydrogen-bond donors (Lipinski definition) is 0. The number of rotatable bonds is 3. The van der Waals surface area contributed by atoms with Gasteiger partial charge in [0.2, 0.25) is 0 Å². The van der Waals surface area contributed by atoms with Gasteiger partial charge in [0.25, 0.3) is 0 Å². The van der Waals surface area contributed by atoms with Crippen molar-refractivity contribution in [2.75, 3.05) is 13.6 Å². The second-order valence-corrected chi connectivity index (χ2v) is 6.85. The molecule has 1 aromatic carbocycles. The van der Waals surface area contributed by atoms with Gasteiger partial charge in [0.1, 0.15) is 11.5 Å². The normalized spacial score (nSPS) is 15.3. The average Bonchev–Trinajstić information content (AvgIpc) is 3.06. The lowest BCUT2D eigenvalue weighted by molar-refractivity contribution is 0.309. The topological polar surface area (TPSA) is 21.3 Å². The van der Waals surface area contributed by atoms with Gasteiger partial charge in [0.05, 0.1) is 0 Å². The first-order chi connectivity index (χ1) is 11.1. The Morgan fingerprint density at radius 1 is 1.13 bits per heavy atom. The first-order valence-electron chi connectivity index (χ1n) is 8.46. The fourth-order valence-electron chi connectivity index (χ4n) is 3.80. The van der Waals surface area contributed by atoms with E-state index in [0.29, 0.717) is 0 Å². The Bertz CT molecular complexity index is 856. The van der Waals surface area contributed by atoms with Crippen LogP contribution in [0.25, 0.3) is 10.9 Å². The highest BCUT2D eigenvalue weighted by atomic mass is 16.3. The van der Waals surface area contributed by atoms with Gasteiger partial charge in [-0.2, -0.15) is 0 Å². The molecule has 0 aliphatic carbocycles. The molecule has 2 aromatic heterocycles. The van der Waals surface area contributed by atoms with Crippen LogP contribution in [0.15, 0.2) is 34.7 Å². The van der Waals surface area contributed by atoms with Gasteiger partial charge in [-0.1, -0.05) is 11.6 Å². The summed E-state index contributed by atoms with van der Waals surface area (Å²) in [6, 6.07) is 11.0. The van der Waals surface area contributed by atoms with Gasteiger partial charge in [-0.05, 0) is 50.7 Å². The van der Waals surface area contributed by atoms with Crippen LogP contribution in [0.1, 0.15) is 28.3 Å². The summed E-state index contributed by atoms with van der Waals surface area (Å²) < 4.78 is 8.28. The van der Waals surface area contributed by atoms with Crippen LogP contribution in [0.5, 0.6) is 0 Å². The predicted molar refractivity (Wildman–Crippen MR) is 93.9 cm³/mol. The molecule has 23 heavy (non-hydrogen) atoms. The van der Waals surface area contributed by atoms with E-state index in [2.05, 4.69) is 53.8 Å². The lowest BCUT2D eigenvalue weighted by Crippen LogP contribution is -2.27. The van der Waals surface area contributed by atoms with Crippen LogP contribution in [0.2, 0.25) is 0 Å². The Morgan fingerprint density at radius 3 is 2.78 bits per heavy atom. The molecule has 0 amide bonds. The van der Waals surface area contributed by atoms with Gasteiger partial charge in [-0.15, -0.1) is 0 Å². The Hall–Kier alpha value is -2.00. The van der Waals surface area contributed by atoms with E-state index in [4.69, 9.17) is 4.42 Å². The standard InChI is InChI=1S/C20H24N2O/c1-14-4-7-19-17(12-14)18-13-21(3)10-9-20(18)22(19)11-8-16-6-5-15(2)23-16/h4-7,12H,8-11,13H2,1-3H3. The van der Waals surface area contributed by atoms with E-state index in [1.165, 1.54) is 27.7 Å². The predicted octanol–water partition coefficient (Wildman–Crippen LogP) is 4.08. The molecule has 0 saturated heterocycles. The van der Waals surface area contributed by atoms with E-state index in [0.717, 1.165) is 44.0 Å². The number of fused-ring (bicyclic) bond motifs is 3. The molecule has 0 unspecified atom stereocenters. The summed E-state index contributed by atoms with van der Waals surface area (Å²) in [7, 11) is 2.22. The molecule has 0 fully saturated rings. The summed E-state index contributed by atoms with van der Waals surface area (Å²) in [5, 5.41) is 1.43. The van der Waals surface area contributed by atoms with E-state index in [-0.39, 0.29) is 0 Å². The second kappa shape index (κ2) is 5.57. The quantitative estimate of drug-likeness (QED) is 0.727. The van der Waals surface area contributed by atoms with Crippen LogP contribution >= 0.6 is 0 Å². The van der Waals surface area contributed by atoms with Crippen molar-refractivity contribution in [2.45, 2.75) is 39.8 Å². The molecular formula is C20H24N2O. The number of furan rings is 1. The van der Waals surface area contributed by atoms with Gasteiger partial charge in [-0.3, -0.25) is 0 Å². The zero-order valence-electron chi connectivity index (χ0n) is 14.2. The van der Waals surface area contributed by atoms with Crippen LogP contribution in [0.4, 0.5) is 0 Å². The Balaban J connectivity index is 1.76. The average molecular weight is 308 g/mol. The van der Waals surface area contributed by atoms with Crippen molar-refractivity contribution in [1.82, 2.24) is 9.47 Å². The minimum Gasteiger partial charge on any atom is -0.466 e. The minimum atomic E-state index is 0.952. The largest absolute Gasteiger partial charge is 0.466 e. The molecular weight excluding hydrogens is 284 g/mol. The summed E-state index contributed by atoms with van der Waals surface area (Å²) >= 11 is 0. The van der Waals surface area contributed by atoms with E-state index in [1.54, 1.807) is 0 Å². The van der Waals surface area contributed by atoms with Crippen molar-refractivity contribution in [1.29, 1.82) is 0 Å². The molecule has 1 aliphatic heterocycles. The van der Waals surface area contributed by atoms with Crippen molar-refractivity contribution in [3.8, 4) is 0 Å². The number of likely N-dealkylation sites (N-methyl/N-ethyl adjacent to an activating group) is 1. The van der Waals surface area contributed by atoms with Crippen molar-refractivity contribution in [2.24, 2.45) is 0 Å². The molecule has 0 N–H and O–H groups in total. The maximum absolute atomic E-state index is 5.75. The second-order valence-electron chi connectivity index (χ2n) is 6.85. The molecule has 0 saturated carbocycles. The minimum absolute atomic E-state index is 0.952. The number of benzene rings is 1. The monoisotopic (exact) mass is 308 g/mol. The van der Waals surface area contributed by atoms with Gasteiger partial charge >= 0.3 is 0 Å². The molecule has 3 heterocycles.